The zero-order chi connectivity index (χ0) is 21.3. The number of hydrogen-bond donors (Lipinski definition) is 2. The fraction of sp³-hybridized carbons (Fsp3) is 0.273. The Labute approximate surface area is 178 Å². The summed E-state index contributed by atoms with van der Waals surface area (Å²) < 4.78 is 10.8. The first-order valence-corrected chi connectivity index (χ1v) is 9.90. The fourth-order valence-electron chi connectivity index (χ4n) is 3.71. The largest absolute Gasteiger partial charge is 0.508 e. The Morgan fingerprint density at radius 2 is 1.83 bits per heavy atom. The van der Waals surface area contributed by atoms with Gasteiger partial charge >= 0.3 is 0 Å². The summed E-state index contributed by atoms with van der Waals surface area (Å²) in [5.74, 6) is 1.71. The van der Waals surface area contributed by atoms with Gasteiger partial charge in [0.05, 0.1) is 31.0 Å². The first-order chi connectivity index (χ1) is 14.5. The molecule has 7 nitrogen and oxygen atoms in total. The first kappa shape index (κ1) is 20.3. The van der Waals surface area contributed by atoms with E-state index < -0.39 is 0 Å². The monoisotopic (exact) mass is 427 g/mol. The number of aromatic amines is 1. The van der Waals surface area contributed by atoms with Crippen LogP contribution >= 0.6 is 11.6 Å². The summed E-state index contributed by atoms with van der Waals surface area (Å²) >= 11 is 5.95. The Morgan fingerprint density at radius 1 is 1.17 bits per heavy atom. The normalized spacial score (nSPS) is 13.7. The molecule has 1 aliphatic heterocycles. The molecule has 30 heavy (non-hydrogen) atoms. The second kappa shape index (κ2) is 8.38. The number of rotatable bonds is 5. The van der Waals surface area contributed by atoms with Crippen molar-refractivity contribution in [3.05, 3.63) is 68.6 Å². The van der Waals surface area contributed by atoms with Crippen molar-refractivity contribution in [3.63, 3.8) is 0 Å². The highest BCUT2D eigenvalue weighted by atomic mass is 35.5. The zero-order valence-electron chi connectivity index (χ0n) is 16.7. The van der Waals surface area contributed by atoms with E-state index in [1.807, 2.05) is 12.1 Å². The van der Waals surface area contributed by atoms with Gasteiger partial charge in [-0.05, 0) is 24.3 Å². The highest BCUT2D eigenvalue weighted by Gasteiger charge is 2.24. The van der Waals surface area contributed by atoms with Crippen LogP contribution in [0.5, 0.6) is 17.2 Å². The number of fused-ring (bicyclic) bond motifs is 1. The van der Waals surface area contributed by atoms with Gasteiger partial charge in [0.25, 0.3) is 5.56 Å². The van der Waals surface area contributed by atoms with Crippen LogP contribution in [0.2, 0.25) is 5.02 Å². The van der Waals surface area contributed by atoms with Crippen molar-refractivity contribution in [2.75, 3.05) is 20.8 Å². The summed E-state index contributed by atoms with van der Waals surface area (Å²) in [7, 11) is 3.10. The zero-order valence-corrected chi connectivity index (χ0v) is 17.5. The number of aromatic nitrogens is 2. The Bertz CT molecular complexity index is 1100. The summed E-state index contributed by atoms with van der Waals surface area (Å²) in [4.78, 5) is 22.5. The molecule has 0 aliphatic carbocycles. The molecule has 0 atom stereocenters. The molecule has 0 amide bonds. The molecule has 0 spiro atoms. The third-order valence-electron chi connectivity index (χ3n) is 5.24. The van der Waals surface area contributed by atoms with E-state index >= 15 is 0 Å². The number of nitrogens with zero attached hydrogens (tertiary/aromatic N) is 2. The van der Waals surface area contributed by atoms with Crippen molar-refractivity contribution in [1.82, 2.24) is 14.9 Å². The second-order valence-corrected chi connectivity index (χ2v) is 7.57. The molecule has 0 bridgehead atoms. The minimum atomic E-state index is -0.140. The van der Waals surface area contributed by atoms with Crippen LogP contribution in [0.1, 0.15) is 16.8 Å². The Morgan fingerprint density at radius 3 is 2.47 bits per heavy atom. The number of phenols is 1. The number of phenolic OH excluding ortho intramolecular Hbond substituents is 1. The van der Waals surface area contributed by atoms with Crippen LogP contribution in [-0.2, 0) is 19.5 Å². The molecule has 2 heterocycles. The summed E-state index contributed by atoms with van der Waals surface area (Å²) in [6.07, 6.45) is 0.655. The third kappa shape index (κ3) is 3.99. The molecule has 1 aliphatic rings. The van der Waals surface area contributed by atoms with E-state index in [2.05, 4.69) is 14.9 Å². The molecule has 2 N–H and O–H groups in total. The number of ether oxygens (including phenoxy) is 2. The van der Waals surface area contributed by atoms with E-state index in [0.29, 0.717) is 47.4 Å². The molecule has 156 valence electrons. The van der Waals surface area contributed by atoms with E-state index in [9.17, 15) is 9.90 Å². The van der Waals surface area contributed by atoms with Crippen molar-refractivity contribution in [2.24, 2.45) is 0 Å². The van der Waals surface area contributed by atoms with Crippen LogP contribution in [0, 0.1) is 0 Å². The molecule has 4 rings (SSSR count). The first-order valence-electron chi connectivity index (χ1n) is 9.52. The third-order valence-corrected chi connectivity index (χ3v) is 5.49. The van der Waals surface area contributed by atoms with Crippen molar-refractivity contribution in [2.45, 2.75) is 19.5 Å². The lowest BCUT2D eigenvalue weighted by Gasteiger charge is -2.28. The van der Waals surface area contributed by atoms with Crippen molar-refractivity contribution in [1.29, 1.82) is 0 Å². The number of hydrogen-bond acceptors (Lipinski definition) is 6. The maximum absolute atomic E-state index is 12.8. The molecule has 3 aromatic rings. The lowest BCUT2D eigenvalue weighted by molar-refractivity contribution is 0.233. The molecule has 0 radical (unpaired) electrons. The van der Waals surface area contributed by atoms with Gasteiger partial charge in [0, 0.05) is 48.8 Å². The molecular formula is C22H22ClN3O4. The lowest BCUT2D eigenvalue weighted by atomic mass is 10.0. The molecular weight excluding hydrogens is 406 g/mol. The Hall–Kier alpha value is -3.03. The predicted octanol–water partition coefficient (Wildman–Crippen LogP) is 3.37. The van der Waals surface area contributed by atoms with Gasteiger partial charge in [-0.3, -0.25) is 9.69 Å². The summed E-state index contributed by atoms with van der Waals surface area (Å²) in [6.45, 7) is 1.72. The number of benzene rings is 2. The standard InChI is InChI=1S/C22H22ClN3O4/c1-29-19-9-15(27)10-20(30-2)17(19)12-26-8-7-18-16(11-26)22(28)25-21(24-18)13-3-5-14(23)6-4-13/h3-6,9-10,27H,7-8,11-12H2,1-2H3,(H,24,25,28). The fourth-order valence-corrected chi connectivity index (χ4v) is 3.84. The van der Waals surface area contributed by atoms with Gasteiger partial charge in [-0.2, -0.15) is 0 Å². The highest BCUT2D eigenvalue weighted by molar-refractivity contribution is 6.30. The van der Waals surface area contributed by atoms with Gasteiger partial charge in [-0.1, -0.05) is 11.6 Å². The van der Waals surface area contributed by atoms with E-state index in [0.717, 1.165) is 23.4 Å². The predicted molar refractivity (Wildman–Crippen MR) is 114 cm³/mol. The summed E-state index contributed by atoms with van der Waals surface area (Å²) in [5.41, 5.74) is 2.98. The van der Waals surface area contributed by atoms with Crippen LogP contribution < -0.4 is 15.0 Å². The molecule has 8 heteroatoms. The van der Waals surface area contributed by atoms with E-state index in [1.165, 1.54) is 0 Å². The average molecular weight is 428 g/mol. The van der Waals surface area contributed by atoms with Gasteiger partial charge in [0.2, 0.25) is 0 Å². The van der Waals surface area contributed by atoms with Gasteiger partial charge in [-0.25, -0.2) is 4.98 Å². The van der Waals surface area contributed by atoms with Crippen LogP contribution in [0.15, 0.2) is 41.2 Å². The minimum Gasteiger partial charge on any atom is -0.508 e. The van der Waals surface area contributed by atoms with Crippen molar-refractivity contribution in [3.8, 4) is 28.6 Å². The van der Waals surface area contributed by atoms with E-state index in [1.54, 1.807) is 38.5 Å². The summed E-state index contributed by atoms with van der Waals surface area (Å²) in [5, 5.41) is 10.5. The smallest absolute Gasteiger partial charge is 0.255 e. The molecule has 2 aromatic carbocycles. The SMILES string of the molecule is COc1cc(O)cc(OC)c1CN1CCc2nc(-c3ccc(Cl)cc3)[nH]c(=O)c2C1. The molecule has 0 unspecified atom stereocenters. The van der Waals surface area contributed by atoms with Gasteiger partial charge in [-0.15, -0.1) is 0 Å². The molecule has 1 aromatic heterocycles. The lowest BCUT2D eigenvalue weighted by Crippen LogP contribution is -2.35. The second-order valence-electron chi connectivity index (χ2n) is 7.14. The quantitative estimate of drug-likeness (QED) is 0.649. The topological polar surface area (TPSA) is 87.7 Å². The van der Waals surface area contributed by atoms with Gasteiger partial charge in [0.1, 0.15) is 23.1 Å². The van der Waals surface area contributed by atoms with Crippen LogP contribution in [-0.4, -0.2) is 40.7 Å². The molecule has 0 fully saturated rings. The highest BCUT2D eigenvalue weighted by Crippen LogP contribution is 2.35. The maximum atomic E-state index is 12.8. The number of nitrogens with one attached hydrogen (secondary N) is 1. The van der Waals surface area contributed by atoms with Crippen molar-refractivity contribution >= 4 is 11.6 Å². The van der Waals surface area contributed by atoms with Crippen LogP contribution in [0.3, 0.4) is 0 Å². The van der Waals surface area contributed by atoms with Crippen LogP contribution in [0.4, 0.5) is 0 Å². The van der Waals surface area contributed by atoms with E-state index in [4.69, 9.17) is 21.1 Å². The minimum absolute atomic E-state index is 0.0758. The Balaban J connectivity index is 1.61. The summed E-state index contributed by atoms with van der Waals surface area (Å²) in [6, 6.07) is 10.3. The number of methoxy groups -OCH3 is 2. The van der Waals surface area contributed by atoms with Crippen LogP contribution in [0.25, 0.3) is 11.4 Å². The number of aromatic hydroxyl groups is 1. The Kier molecular flexibility index (Phi) is 5.65. The van der Waals surface area contributed by atoms with Gasteiger partial charge < -0.3 is 19.6 Å². The van der Waals surface area contributed by atoms with Crippen molar-refractivity contribution < 1.29 is 14.6 Å². The van der Waals surface area contributed by atoms with E-state index in [-0.39, 0.29) is 11.3 Å². The molecule has 0 saturated heterocycles. The van der Waals surface area contributed by atoms with Gasteiger partial charge in [0.15, 0.2) is 0 Å². The number of halogens is 1. The number of H-pyrrole nitrogens is 1. The average Bonchev–Trinajstić information content (AvgIpc) is 2.75. The maximum Gasteiger partial charge on any atom is 0.255 e. The molecule has 0 saturated carbocycles.